The molecule has 0 aliphatic rings. The van der Waals surface area contributed by atoms with E-state index in [1.54, 1.807) is 6.08 Å². The van der Waals surface area contributed by atoms with Crippen LogP contribution in [0.4, 0.5) is 0 Å². The Kier molecular flexibility index (Phi) is 7.52. The second-order valence-electron chi connectivity index (χ2n) is 2.96. The Hall–Kier alpha value is -0.340. The third-order valence-electron chi connectivity index (χ3n) is 1.21. The van der Waals surface area contributed by atoms with Crippen molar-refractivity contribution in [2.75, 3.05) is 26.3 Å². The fourth-order valence-electron chi connectivity index (χ4n) is 0.702. The van der Waals surface area contributed by atoms with Gasteiger partial charge in [0.2, 0.25) is 0 Å². The maximum Gasteiger partial charge on any atom is 0.0645 e. The quantitative estimate of drug-likeness (QED) is 0.446. The lowest BCUT2D eigenvalue weighted by molar-refractivity contribution is 0.163. The summed E-state index contributed by atoms with van der Waals surface area (Å²) in [7, 11) is 0. The summed E-state index contributed by atoms with van der Waals surface area (Å²) in [6.07, 6.45) is 1.77. The van der Waals surface area contributed by atoms with Crippen LogP contribution >= 0.6 is 0 Å². The molecule has 0 aromatic carbocycles. The van der Waals surface area contributed by atoms with Crippen LogP contribution in [0.3, 0.4) is 0 Å². The van der Waals surface area contributed by atoms with Gasteiger partial charge in [-0.1, -0.05) is 19.9 Å². The van der Waals surface area contributed by atoms with Gasteiger partial charge in [0, 0.05) is 6.54 Å². The number of nitrogens with one attached hydrogen (secondary N) is 1. The lowest BCUT2D eigenvalue weighted by Crippen LogP contribution is -2.23. The summed E-state index contributed by atoms with van der Waals surface area (Å²) < 4.78 is 5.18. The van der Waals surface area contributed by atoms with Gasteiger partial charge in [0.05, 0.1) is 13.2 Å². The molecule has 66 valence electrons. The third-order valence-corrected chi connectivity index (χ3v) is 1.21. The van der Waals surface area contributed by atoms with Crippen LogP contribution in [0.5, 0.6) is 0 Å². The van der Waals surface area contributed by atoms with Crippen molar-refractivity contribution in [1.29, 1.82) is 0 Å². The van der Waals surface area contributed by atoms with Gasteiger partial charge in [-0.2, -0.15) is 0 Å². The van der Waals surface area contributed by atoms with E-state index in [9.17, 15) is 0 Å². The Morgan fingerprint density at radius 2 is 2.27 bits per heavy atom. The predicted octanol–water partition coefficient (Wildman–Crippen LogP) is 1.43. The summed E-state index contributed by atoms with van der Waals surface area (Å²) in [5.41, 5.74) is 0. The second kappa shape index (κ2) is 7.76. The van der Waals surface area contributed by atoms with E-state index in [4.69, 9.17) is 4.74 Å². The standard InChI is InChI=1S/C9H19NO/c1-4-6-11-7-5-10-8-9(2)3/h4,9-10H,1,5-8H2,2-3H3. The third kappa shape index (κ3) is 9.66. The number of rotatable bonds is 7. The monoisotopic (exact) mass is 157 g/mol. The zero-order chi connectivity index (χ0) is 8.53. The molecule has 0 atom stereocenters. The van der Waals surface area contributed by atoms with E-state index < -0.39 is 0 Å². The molecule has 0 rings (SSSR count). The number of ether oxygens (including phenoxy) is 1. The van der Waals surface area contributed by atoms with Gasteiger partial charge in [0.25, 0.3) is 0 Å². The first-order chi connectivity index (χ1) is 5.27. The van der Waals surface area contributed by atoms with Crippen LogP contribution in [-0.4, -0.2) is 26.3 Å². The molecule has 2 nitrogen and oxygen atoms in total. The van der Waals surface area contributed by atoms with Crippen molar-refractivity contribution in [1.82, 2.24) is 5.32 Å². The summed E-state index contributed by atoms with van der Waals surface area (Å²) >= 11 is 0. The van der Waals surface area contributed by atoms with Gasteiger partial charge in [-0.3, -0.25) is 0 Å². The molecule has 0 fully saturated rings. The Balaban J connectivity index is 2.85. The SMILES string of the molecule is C=CCOCCNCC(C)C. The fourth-order valence-corrected chi connectivity index (χ4v) is 0.702. The first-order valence-corrected chi connectivity index (χ1v) is 4.16. The van der Waals surface area contributed by atoms with Crippen molar-refractivity contribution in [2.24, 2.45) is 5.92 Å². The van der Waals surface area contributed by atoms with Crippen LogP contribution in [0.1, 0.15) is 13.8 Å². The summed E-state index contributed by atoms with van der Waals surface area (Å²) in [5.74, 6) is 0.717. The van der Waals surface area contributed by atoms with Crippen LogP contribution in [0.15, 0.2) is 12.7 Å². The van der Waals surface area contributed by atoms with E-state index in [2.05, 4.69) is 25.7 Å². The Morgan fingerprint density at radius 1 is 1.55 bits per heavy atom. The fraction of sp³-hybridized carbons (Fsp3) is 0.778. The molecule has 0 heterocycles. The van der Waals surface area contributed by atoms with Gasteiger partial charge in [-0.25, -0.2) is 0 Å². The van der Waals surface area contributed by atoms with Gasteiger partial charge in [-0.15, -0.1) is 6.58 Å². The molecule has 0 spiro atoms. The molecule has 0 radical (unpaired) electrons. The van der Waals surface area contributed by atoms with Gasteiger partial charge in [0.15, 0.2) is 0 Å². The van der Waals surface area contributed by atoms with Gasteiger partial charge >= 0.3 is 0 Å². The zero-order valence-electron chi connectivity index (χ0n) is 7.60. The lowest BCUT2D eigenvalue weighted by Gasteiger charge is -2.06. The van der Waals surface area contributed by atoms with Crippen molar-refractivity contribution < 1.29 is 4.74 Å². The van der Waals surface area contributed by atoms with Gasteiger partial charge in [0.1, 0.15) is 0 Å². The van der Waals surface area contributed by atoms with E-state index in [-0.39, 0.29) is 0 Å². The topological polar surface area (TPSA) is 21.3 Å². The summed E-state index contributed by atoms with van der Waals surface area (Å²) in [6, 6.07) is 0. The van der Waals surface area contributed by atoms with Crippen LogP contribution in [0, 0.1) is 5.92 Å². The second-order valence-corrected chi connectivity index (χ2v) is 2.96. The zero-order valence-corrected chi connectivity index (χ0v) is 7.60. The minimum Gasteiger partial charge on any atom is -0.376 e. The Morgan fingerprint density at radius 3 is 2.82 bits per heavy atom. The normalized spacial score (nSPS) is 10.5. The van der Waals surface area contributed by atoms with E-state index in [1.807, 2.05) is 0 Å². The maximum atomic E-state index is 5.18. The molecule has 11 heavy (non-hydrogen) atoms. The molecule has 0 saturated heterocycles. The number of hydrogen-bond donors (Lipinski definition) is 1. The Labute approximate surface area is 69.6 Å². The Bertz CT molecular complexity index is 91.6. The largest absolute Gasteiger partial charge is 0.376 e. The van der Waals surface area contributed by atoms with Gasteiger partial charge in [-0.05, 0) is 12.5 Å². The highest BCUT2D eigenvalue weighted by Gasteiger charge is 1.91. The van der Waals surface area contributed by atoms with Gasteiger partial charge < -0.3 is 10.1 Å². The molecular weight excluding hydrogens is 138 g/mol. The molecule has 0 saturated carbocycles. The molecule has 0 amide bonds. The van der Waals surface area contributed by atoms with Crippen molar-refractivity contribution in [3.8, 4) is 0 Å². The van der Waals surface area contributed by atoms with E-state index in [0.29, 0.717) is 6.61 Å². The van der Waals surface area contributed by atoms with Crippen molar-refractivity contribution in [3.05, 3.63) is 12.7 Å². The first-order valence-electron chi connectivity index (χ1n) is 4.16. The molecule has 0 aromatic rings. The van der Waals surface area contributed by atoms with Crippen LogP contribution in [0.2, 0.25) is 0 Å². The maximum absolute atomic E-state index is 5.18. The number of hydrogen-bond acceptors (Lipinski definition) is 2. The van der Waals surface area contributed by atoms with E-state index in [1.165, 1.54) is 0 Å². The highest BCUT2D eigenvalue weighted by Crippen LogP contribution is 1.85. The molecule has 0 aromatic heterocycles. The van der Waals surface area contributed by atoms with Crippen molar-refractivity contribution in [3.63, 3.8) is 0 Å². The van der Waals surface area contributed by atoms with Crippen LogP contribution in [0.25, 0.3) is 0 Å². The molecule has 0 aliphatic heterocycles. The van der Waals surface area contributed by atoms with Crippen LogP contribution < -0.4 is 5.32 Å². The molecule has 0 unspecified atom stereocenters. The van der Waals surface area contributed by atoms with Crippen molar-refractivity contribution in [2.45, 2.75) is 13.8 Å². The molecular formula is C9H19NO. The summed E-state index contributed by atoms with van der Waals surface area (Å²) in [4.78, 5) is 0. The summed E-state index contributed by atoms with van der Waals surface area (Å²) in [6.45, 7) is 11.4. The van der Waals surface area contributed by atoms with Crippen molar-refractivity contribution >= 4 is 0 Å². The lowest BCUT2D eigenvalue weighted by atomic mass is 10.2. The molecule has 2 heteroatoms. The smallest absolute Gasteiger partial charge is 0.0645 e. The minimum atomic E-state index is 0.656. The average Bonchev–Trinajstić information content (AvgIpc) is 1.96. The predicted molar refractivity (Wildman–Crippen MR) is 48.7 cm³/mol. The molecule has 0 bridgehead atoms. The molecule has 1 N–H and O–H groups in total. The van der Waals surface area contributed by atoms with E-state index in [0.717, 1.165) is 25.6 Å². The molecule has 0 aliphatic carbocycles. The minimum absolute atomic E-state index is 0.656. The first kappa shape index (κ1) is 10.7. The van der Waals surface area contributed by atoms with Crippen LogP contribution in [-0.2, 0) is 4.74 Å². The summed E-state index contributed by atoms with van der Waals surface area (Å²) in [5, 5.41) is 3.28. The highest BCUT2D eigenvalue weighted by molar-refractivity contribution is 4.63. The average molecular weight is 157 g/mol. The highest BCUT2D eigenvalue weighted by atomic mass is 16.5. The van der Waals surface area contributed by atoms with E-state index >= 15 is 0 Å².